The van der Waals surface area contributed by atoms with E-state index in [9.17, 15) is 21.6 Å². The average Bonchev–Trinajstić information content (AvgIpc) is 2.33. The first-order chi connectivity index (χ1) is 9.03. The van der Waals surface area contributed by atoms with Crippen LogP contribution in [0.4, 0.5) is 24.8 Å². The van der Waals surface area contributed by atoms with Crippen LogP contribution in [-0.2, 0) is 16.0 Å². The van der Waals surface area contributed by atoms with E-state index in [0.29, 0.717) is 0 Å². The molecule has 1 aromatic heterocycles. The molecule has 0 saturated carbocycles. The van der Waals surface area contributed by atoms with Crippen LogP contribution in [0, 0.1) is 0 Å². The third-order valence-electron chi connectivity index (χ3n) is 2.30. The van der Waals surface area contributed by atoms with Gasteiger partial charge in [0.25, 0.3) is 0 Å². The van der Waals surface area contributed by atoms with E-state index in [2.05, 4.69) is 9.97 Å². The van der Waals surface area contributed by atoms with Crippen LogP contribution in [-0.4, -0.2) is 44.0 Å². The van der Waals surface area contributed by atoms with Crippen molar-refractivity contribution in [2.45, 2.75) is 6.18 Å². The first kappa shape index (κ1) is 16.4. The number of nitrogen functional groups attached to an aromatic ring is 1. The molecule has 0 unspecified atom stereocenters. The summed E-state index contributed by atoms with van der Waals surface area (Å²) in [6, 6.07) is 1.19. The van der Waals surface area contributed by atoms with Gasteiger partial charge in [0.05, 0.1) is 5.75 Å². The molecular formula is C9H14F3N5O2S. The predicted molar refractivity (Wildman–Crippen MR) is 67.8 cm³/mol. The van der Waals surface area contributed by atoms with Crippen molar-refractivity contribution in [2.24, 2.45) is 5.84 Å². The van der Waals surface area contributed by atoms with Gasteiger partial charge in [0.15, 0.2) is 0 Å². The Balaban J connectivity index is 3.05. The summed E-state index contributed by atoms with van der Waals surface area (Å²) in [5.41, 5.74) is 2.01. The number of aromatic nitrogens is 2. The van der Waals surface area contributed by atoms with Crippen molar-refractivity contribution >= 4 is 21.5 Å². The van der Waals surface area contributed by atoms with E-state index in [4.69, 9.17) is 5.84 Å². The van der Waals surface area contributed by atoms with Gasteiger partial charge >= 0.3 is 6.18 Å². The highest BCUT2D eigenvalue weighted by Crippen LogP contribution is 2.28. The molecule has 0 aliphatic rings. The second-order valence-corrected chi connectivity index (χ2v) is 6.39. The normalized spacial score (nSPS) is 12.3. The zero-order chi connectivity index (χ0) is 15.6. The molecule has 0 atom stereocenters. The molecule has 0 aliphatic carbocycles. The summed E-state index contributed by atoms with van der Waals surface area (Å²) in [5, 5.41) is 0. The van der Waals surface area contributed by atoms with Crippen LogP contribution in [0.15, 0.2) is 6.07 Å². The number of hydrazine groups is 1. The van der Waals surface area contributed by atoms with Crippen LogP contribution in [0.3, 0.4) is 0 Å². The number of alkyl halides is 3. The Hall–Kier alpha value is -1.62. The van der Waals surface area contributed by atoms with Crippen LogP contribution < -0.4 is 16.2 Å². The number of hydrogen-bond donors (Lipinski definition) is 2. The van der Waals surface area contributed by atoms with Gasteiger partial charge in [0.2, 0.25) is 5.82 Å². The number of nitrogens with one attached hydrogen (secondary N) is 1. The summed E-state index contributed by atoms with van der Waals surface area (Å²) in [6.07, 6.45) is -3.69. The highest BCUT2D eigenvalue weighted by molar-refractivity contribution is 7.90. The fourth-order valence-corrected chi connectivity index (χ4v) is 1.85. The Morgan fingerprint density at radius 1 is 1.40 bits per heavy atom. The van der Waals surface area contributed by atoms with Crippen molar-refractivity contribution in [2.75, 3.05) is 35.9 Å². The third kappa shape index (κ3) is 4.81. The van der Waals surface area contributed by atoms with E-state index in [1.807, 2.05) is 5.43 Å². The van der Waals surface area contributed by atoms with Crippen LogP contribution in [0.1, 0.15) is 5.82 Å². The molecule has 114 valence electrons. The predicted octanol–water partition coefficient (Wildman–Crippen LogP) is 0.262. The summed E-state index contributed by atoms with van der Waals surface area (Å²) in [7, 11) is -1.80. The number of nitrogens with zero attached hydrogens (tertiary/aromatic N) is 3. The molecule has 3 N–H and O–H groups in total. The number of halogens is 3. The standard InChI is InChI=1S/C9H14F3N5O2S/c1-17(3-4-20(2,18)19)7-5-6(16-13)14-8(15-7)9(10,11)12/h5H,3-4,13H2,1-2H3,(H,14,15,16). The molecule has 7 nitrogen and oxygen atoms in total. The van der Waals surface area contributed by atoms with Gasteiger partial charge in [-0.05, 0) is 0 Å². The van der Waals surface area contributed by atoms with Crippen LogP contribution in [0.2, 0.25) is 0 Å². The van der Waals surface area contributed by atoms with Gasteiger partial charge in [-0.15, -0.1) is 0 Å². The lowest BCUT2D eigenvalue weighted by atomic mass is 10.4. The number of sulfone groups is 1. The van der Waals surface area contributed by atoms with Crippen LogP contribution >= 0.6 is 0 Å². The van der Waals surface area contributed by atoms with Gasteiger partial charge in [-0.1, -0.05) is 0 Å². The largest absolute Gasteiger partial charge is 0.451 e. The van der Waals surface area contributed by atoms with Crippen LogP contribution in [0.5, 0.6) is 0 Å². The quantitative estimate of drug-likeness (QED) is 0.594. The highest BCUT2D eigenvalue weighted by Gasteiger charge is 2.35. The Labute approximate surface area is 113 Å². The molecule has 0 aliphatic heterocycles. The minimum atomic E-state index is -4.72. The van der Waals surface area contributed by atoms with Gasteiger partial charge in [0, 0.05) is 25.9 Å². The first-order valence-corrected chi connectivity index (χ1v) is 7.41. The van der Waals surface area contributed by atoms with E-state index in [0.717, 1.165) is 6.26 Å². The number of nitrogens with two attached hydrogens (primary N) is 1. The molecule has 11 heteroatoms. The third-order valence-corrected chi connectivity index (χ3v) is 3.23. The Kier molecular flexibility index (Phi) is 4.76. The molecule has 1 rings (SSSR count). The Morgan fingerprint density at radius 3 is 2.45 bits per heavy atom. The molecule has 0 saturated heterocycles. The molecule has 0 fully saturated rings. The van der Waals surface area contributed by atoms with Gasteiger partial charge in [-0.2, -0.15) is 13.2 Å². The maximum Gasteiger partial charge on any atom is 0.451 e. The molecule has 0 bridgehead atoms. The Bertz CT molecular complexity index is 575. The van der Waals surface area contributed by atoms with Crippen molar-refractivity contribution in [3.63, 3.8) is 0 Å². The SMILES string of the molecule is CN(CCS(C)(=O)=O)c1cc(NN)nc(C(F)(F)F)n1. The number of anilines is 2. The van der Waals surface area contributed by atoms with Crippen molar-refractivity contribution in [3.8, 4) is 0 Å². The zero-order valence-corrected chi connectivity index (χ0v) is 11.6. The van der Waals surface area contributed by atoms with E-state index in [1.165, 1.54) is 18.0 Å². The van der Waals surface area contributed by atoms with Crippen molar-refractivity contribution in [1.29, 1.82) is 0 Å². The van der Waals surface area contributed by atoms with Crippen LogP contribution in [0.25, 0.3) is 0 Å². The van der Waals surface area contributed by atoms with Gasteiger partial charge in [-0.25, -0.2) is 24.2 Å². The van der Waals surface area contributed by atoms with Gasteiger partial charge < -0.3 is 10.3 Å². The van der Waals surface area contributed by atoms with Gasteiger partial charge in [0.1, 0.15) is 21.5 Å². The van der Waals surface area contributed by atoms with E-state index < -0.39 is 21.8 Å². The first-order valence-electron chi connectivity index (χ1n) is 5.34. The molecule has 1 heterocycles. The maximum absolute atomic E-state index is 12.6. The Morgan fingerprint density at radius 2 is 2.00 bits per heavy atom. The minimum absolute atomic E-state index is 0.00282. The fraction of sp³-hybridized carbons (Fsp3) is 0.556. The van der Waals surface area contributed by atoms with E-state index >= 15 is 0 Å². The summed E-state index contributed by atoms with van der Waals surface area (Å²) in [4.78, 5) is 7.83. The van der Waals surface area contributed by atoms with E-state index in [-0.39, 0.29) is 23.9 Å². The molecule has 0 radical (unpaired) electrons. The van der Waals surface area contributed by atoms with Crippen molar-refractivity contribution in [1.82, 2.24) is 9.97 Å². The second kappa shape index (κ2) is 5.79. The lowest BCUT2D eigenvalue weighted by molar-refractivity contribution is -0.144. The zero-order valence-electron chi connectivity index (χ0n) is 10.8. The minimum Gasteiger partial charge on any atom is -0.358 e. The van der Waals surface area contributed by atoms with E-state index in [1.54, 1.807) is 0 Å². The topological polar surface area (TPSA) is 101 Å². The van der Waals surface area contributed by atoms with Gasteiger partial charge in [-0.3, -0.25) is 0 Å². The maximum atomic E-state index is 12.6. The number of rotatable bonds is 5. The lowest BCUT2D eigenvalue weighted by Crippen LogP contribution is -2.27. The molecular weight excluding hydrogens is 299 g/mol. The number of hydrogen-bond acceptors (Lipinski definition) is 7. The molecule has 20 heavy (non-hydrogen) atoms. The lowest BCUT2D eigenvalue weighted by Gasteiger charge is -2.19. The second-order valence-electron chi connectivity index (χ2n) is 4.13. The summed E-state index contributed by atoms with van der Waals surface area (Å²) in [6.45, 7) is -0.00282. The van der Waals surface area contributed by atoms with Crippen molar-refractivity contribution in [3.05, 3.63) is 11.9 Å². The summed E-state index contributed by atoms with van der Waals surface area (Å²) < 4.78 is 59.9. The highest BCUT2D eigenvalue weighted by atomic mass is 32.2. The monoisotopic (exact) mass is 313 g/mol. The smallest absolute Gasteiger partial charge is 0.358 e. The molecule has 0 aromatic carbocycles. The summed E-state index contributed by atoms with van der Waals surface area (Å²) >= 11 is 0. The fourth-order valence-electron chi connectivity index (χ4n) is 1.25. The molecule has 0 spiro atoms. The summed E-state index contributed by atoms with van der Waals surface area (Å²) in [5.74, 6) is 3.20. The molecule has 1 aromatic rings. The van der Waals surface area contributed by atoms with Crippen molar-refractivity contribution < 1.29 is 21.6 Å². The molecule has 0 amide bonds. The average molecular weight is 313 g/mol.